The minimum Gasteiger partial charge on any atom is -0.453 e. The van der Waals surface area contributed by atoms with Crippen molar-refractivity contribution in [1.82, 2.24) is 40.4 Å². The summed E-state index contributed by atoms with van der Waals surface area (Å²) >= 11 is 0. The number of nitrogens with zero attached hydrogens (tertiary/aromatic N) is 4. The predicted octanol–water partition coefficient (Wildman–Crippen LogP) is 4.66. The number of benzene rings is 2. The standard InChI is InChI=1S/C36H42N8O6/c1-21-13-29(43(19-21)31(45)17-39-35(47)49-3)33-37-15-27(41-33)25-9-5-23(6-10-25)24-7-11-26(12-8-24)28-16-38-34(42-28)30-14-22(2)20-44(30)32(46)18-40-36(48)50-4/h5-12,15-16,21-22,29-30H,13-14,17-20H2,1-4H3,(H,37,41)(H,38,42)(H,39,47)(H,40,48)/t21-,22-,29+,30+/m1/s1. The molecule has 2 aromatic heterocycles. The number of hydrogen-bond donors (Lipinski definition) is 4. The Morgan fingerprint density at radius 3 is 1.38 bits per heavy atom. The summed E-state index contributed by atoms with van der Waals surface area (Å²) in [5.74, 6) is 1.68. The number of alkyl carbamates (subject to hydrolysis) is 2. The van der Waals surface area contributed by atoms with Gasteiger partial charge in [0.2, 0.25) is 11.8 Å². The molecule has 4 N–H and O–H groups in total. The molecule has 0 spiro atoms. The quantitative estimate of drug-likeness (QED) is 0.197. The Bertz CT molecular complexity index is 1700. The first kappa shape index (κ1) is 34.2. The molecule has 0 radical (unpaired) electrons. The zero-order valence-corrected chi connectivity index (χ0v) is 28.6. The largest absolute Gasteiger partial charge is 0.453 e. The molecule has 2 aliphatic heterocycles. The lowest BCUT2D eigenvalue weighted by atomic mass is 10.0. The highest BCUT2D eigenvalue weighted by molar-refractivity contribution is 5.83. The molecule has 2 aliphatic rings. The molecule has 0 bridgehead atoms. The first-order valence-electron chi connectivity index (χ1n) is 16.7. The van der Waals surface area contributed by atoms with E-state index in [2.05, 4.69) is 78.2 Å². The lowest BCUT2D eigenvalue weighted by Gasteiger charge is -2.23. The predicted molar refractivity (Wildman–Crippen MR) is 184 cm³/mol. The summed E-state index contributed by atoms with van der Waals surface area (Å²) < 4.78 is 9.17. The van der Waals surface area contributed by atoms with E-state index in [0.717, 1.165) is 58.1 Å². The van der Waals surface area contributed by atoms with E-state index in [4.69, 9.17) is 0 Å². The number of methoxy groups -OCH3 is 2. The zero-order chi connectivity index (χ0) is 35.4. The Kier molecular flexibility index (Phi) is 10.2. The Hall–Kier alpha value is -5.66. The fourth-order valence-corrected chi connectivity index (χ4v) is 6.79. The summed E-state index contributed by atoms with van der Waals surface area (Å²) in [5, 5.41) is 4.94. The smallest absolute Gasteiger partial charge is 0.407 e. The van der Waals surface area contributed by atoms with Gasteiger partial charge in [-0.15, -0.1) is 0 Å². The number of aromatic nitrogens is 4. The second-order valence-electron chi connectivity index (χ2n) is 13.0. The summed E-state index contributed by atoms with van der Waals surface area (Å²) in [5.41, 5.74) is 5.76. The SMILES string of the molecule is COC(=O)NCC(=O)N1C[C@H](C)C[C@H]1c1ncc(-c2ccc(-c3ccc(-c4cnc([C@@H]5C[C@@H](C)CN5C(=O)CNC(=O)OC)[nH]4)cc3)cc2)[nH]1. The molecule has 0 unspecified atom stereocenters. The van der Waals surface area contributed by atoms with Crippen LogP contribution in [-0.2, 0) is 19.1 Å². The maximum Gasteiger partial charge on any atom is 0.407 e. The molecule has 4 heterocycles. The molecular weight excluding hydrogens is 640 g/mol. The Balaban J connectivity index is 1.10. The molecule has 0 aliphatic carbocycles. The summed E-state index contributed by atoms with van der Waals surface area (Å²) in [6.07, 6.45) is 3.85. The number of carbonyl (C=O) groups excluding carboxylic acids is 4. The van der Waals surface area contributed by atoms with E-state index in [9.17, 15) is 19.2 Å². The highest BCUT2D eigenvalue weighted by atomic mass is 16.5. The second kappa shape index (κ2) is 14.8. The maximum atomic E-state index is 12.9. The molecule has 6 rings (SSSR count). The van der Waals surface area contributed by atoms with Crippen molar-refractivity contribution >= 4 is 24.0 Å². The van der Waals surface area contributed by atoms with Crippen LogP contribution in [0.4, 0.5) is 9.59 Å². The number of hydrogen-bond acceptors (Lipinski definition) is 8. The minimum absolute atomic E-state index is 0.130. The summed E-state index contributed by atoms with van der Waals surface area (Å²) in [6.45, 7) is 5.12. The summed E-state index contributed by atoms with van der Waals surface area (Å²) in [6, 6.07) is 16.0. The molecule has 4 amide bonds. The Morgan fingerprint density at radius 2 is 1.02 bits per heavy atom. The van der Waals surface area contributed by atoms with Gasteiger partial charge in [0, 0.05) is 13.1 Å². The Morgan fingerprint density at radius 1 is 0.660 bits per heavy atom. The van der Waals surface area contributed by atoms with Gasteiger partial charge in [0.05, 0.1) is 50.1 Å². The molecule has 262 valence electrons. The highest BCUT2D eigenvalue weighted by Gasteiger charge is 2.37. The van der Waals surface area contributed by atoms with Crippen molar-refractivity contribution < 1.29 is 28.7 Å². The first-order chi connectivity index (χ1) is 24.1. The number of likely N-dealkylation sites (tertiary alicyclic amines) is 2. The van der Waals surface area contributed by atoms with Gasteiger partial charge in [-0.2, -0.15) is 0 Å². The summed E-state index contributed by atoms with van der Waals surface area (Å²) in [4.78, 5) is 68.3. The van der Waals surface area contributed by atoms with Crippen LogP contribution in [0.25, 0.3) is 33.6 Å². The number of amides is 4. The fourth-order valence-electron chi connectivity index (χ4n) is 6.79. The van der Waals surface area contributed by atoms with E-state index in [1.807, 2.05) is 24.3 Å². The van der Waals surface area contributed by atoms with Crippen molar-refractivity contribution in [1.29, 1.82) is 0 Å². The van der Waals surface area contributed by atoms with Crippen molar-refractivity contribution in [3.63, 3.8) is 0 Å². The normalized spacial score (nSPS) is 20.1. The van der Waals surface area contributed by atoms with Crippen molar-refractivity contribution in [3.05, 3.63) is 72.6 Å². The number of nitrogens with one attached hydrogen (secondary N) is 4. The maximum absolute atomic E-state index is 12.9. The Labute approximate surface area is 290 Å². The van der Waals surface area contributed by atoms with Crippen LogP contribution in [-0.4, -0.2) is 94.1 Å². The van der Waals surface area contributed by atoms with Gasteiger partial charge in [0.15, 0.2) is 0 Å². The van der Waals surface area contributed by atoms with E-state index in [-0.39, 0.29) is 37.0 Å². The van der Waals surface area contributed by atoms with E-state index in [1.165, 1.54) is 14.2 Å². The van der Waals surface area contributed by atoms with E-state index in [1.54, 1.807) is 22.2 Å². The average Bonchev–Trinajstić information content (AvgIpc) is 3.96. The number of H-pyrrole nitrogens is 2. The van der Waals surface area contributed by atoms with Gasteiger partial charge in [-0.25, -0.2) is 19.6 Å². The molecule has 50 heavy (non-hydrogen) atoms. The van der Waals surface area contributed by atoms with Gasteiger partial charge >= 0.3 is 12.2 Å². The number of carbonyl (C=O) groups is 4. The van der Waals surface area contributed by atoms with Gasteiger partial charge in [-0.1, -0.05) is 62.4 Å². The second-order valence-corrected chi connectivity index (χ2v) is 13.0. The third-order valence-electron chi connectivity index (χ3n) is 9.35. The third-order valence-corrected chi connectivity index (χ3v) is 9.35. The minimum atomic E-state index is -0.640. The first-order valence-corrected chi connectivity index (χ1v) is 16.7. The number of rotatable bonds is 9. The van der Waals surface area contributed by atoms with Crippen molar-refractivity contribution in [3.8, 4) is 33.6 Å². The molecular formula is C36H42N8O6. The van der Waals surface area contributed by atoms with Gasteiger partial charge in [-0.05, 0) is 46.9 Å². The molecule has 2 saturated heterocycles. The van der Waals surface area contributed by atoms with Gasteiger partial charge in [0.1, 0.15) is 24.7 Å². The molecule has 14 nitrogen and oxygen atoms in total. The van der Waals surface area contributed by atoms with Crippen LogP contribution in [0, 0.1) is 11.8 Å². The van der Waals surface area contributed by atoms with Crippen molar-refractivity contribution in [2.24, 2.45) is 11.8 Å². The number of aromatic amines is 2. The third kappa shape index (κ3) is 7.48. The topological polar surface area (TPSA) is 175 Å². The molecule has 14 heteroatoms. The highest BCUT2D eigenvalue weighted by Crippen LogP contribution is 2.36. The van der Waals surface area contributed by atoms with Gasteiger partial charge in [-0.3, -0.25) is 9.59 Å². The van der Waals surface area contributed by atoms with Crippen molar-refractivity contribution in [2.75, 3.05) is 40.4 Å². The lowest BCUT2D eigenvalue weighted by Crippen LogP contribution is -2.40. The van der Waals surface area contributed by atoms with Crippen LogP contribution in [0.3, 0.4) is 0 Å². The van der Waals surface area contributed by atoms with Gasteiger partial charge < -0.3 is 39.9 Å². The molecule has 4 aromatic rings. The monoisotopic (exact) mass is 682 g/mol. The molecule has 2 fully saturated rings. The van der Waals surface area contributed by atoms with Crippen LogP contribution in [0.1, 0.15) is 50.4 Å². The van der Waals surface area contributed by atoms with Crippen LogP contribution in [0.5, 0.6) is 0 Å². The van der Waals surface area contributed by atoms with E-state index in [0.29, 0.717) is 24.9 Å². The van der Waals surface area contributed by atoms with E-state index < -0.39 is 12.2 Å². The molecule has 4 atom stereocenters. The summed E-state index contributed by atoms with van der Waals surface area (Å²) in [7, 11) is 2.53. The van der Waals surface area contributed by atoms with Gasteiger partial charge in [0.25, 0.3) is 0 Å². The number of imidazole rings is 2. The van der Waals surface area contributed by atoms with Crippen LogP contribution in [0.15, 0.2) is 60.9 Å². The average molecular weight is 683 g/mol. The lowest BCUT2D eigenvalue weighted by molar-refractivity contribution is -0.132. The fraction of sp³-hybridized carbons (Fsp3) is 0.389. The van der Waals surface area contributed by atoms with Crippen LogP contribution in [0.2, 0.25) is 0 Å². The zero-order valence-electron chi connectivity index (χ0n) is 28.6. The van der Waals surface area contributed by atoms with Crippen molar-refractivity contribution in [2.45, 2.75) is 38.8 Å². The molecule has 0 saturated carbocycles. The van der Waals surface area contributed by atoms with Crippen LogP contribution < -0.4 is 10.6 Å². The molecule has 2 aromatic carbocycles. The van der Waals surface area contributed by atoms with Crippen LogP contribution >= 0.6 is 0 Å². The number of ether oxygens (including phenoxy) is 2. The van der Waals surface area contributed by atoms with E-state index >= 15 is 0 Å².